The summed E-state index contributed by atoms with van der Waals surface area (Å²) in [6.45, 7) is 1.33. The molecule has 0 bridgehead atoms. The van der Waals surface area contributed by atoms with Gasteiger partial charge in [-0.05, 0) is 35.1 Å². The zero-order valence-corrected chi connectivity index (χ0v) is 19.7. The second-order valence-electron chi connectivity index (χ2n) is 7.60. The van der Waals surface area contributed by atoms with Crippen LogP contribution in [-0.4, -0.2) is 40.4 Å². The van der Waals surface area contributed by atoms with E-state index in [2.05, 4.69) is 14.8 Å². The van der Waals surface area contributed by atoms with E-state index in [4.69, 9.17) is 0 Å². The quantitative estimate of drug-likeness (QED) is 0.270. The Bertz CT molecular complexity index is 1050. The Hall–Kier alpha value is -2.42. The average molecular weight is 496 g/mol. The van der Waals surface area contributed by atoms with Gasteiger partial charge in [0.05, 0.1) is 18.9 Å². The molecule has 1 atom stereocenters. The average Bonchev–Trinajstić information content (AvgIpc) is 2.82. The number of aryl methyl sites for hydroxylation is 2. The van der Waals surface area contributed by atoms with Crippen LogP contribution in [0.15, 0.2) is 63.4 Å². The molecule has 2 rings (SSSR count). The van der Waals surface area contributed by atoms with Gasteiger partial charge in [0.25, 0.3) is 0 Å². The molecule has 2 aromatic rings. The van der Waals surface area contributed by atoms with Crippen molar-refractivity contribution < 1.29 is 19.1 Å². The minimum Gasteiger partial charge on any atom is -0.395 e. The Balaban J connectivity index is 2.06. The van der Waals surface area contributed by atoms with Gasteiger partial charge in [0, 0.05) is 34.5 Å². The van der Waals surface area contributed by atoms with Crippen LogP contribution >= 0.6 is 15.0 Å². The highest BCUT2D eigenvalue weighted by Gasteiger charge is 2.23. The molecule has 1 unspecified atom stereocenters. The number of nitrogens with zero attached hydrogens (tertiary/aromatic N) is 4. The van der Waals surface area contributed by atoms with Crippen LogP contribution in [0.3, 0.4) is 0 Å². The van der Waals surface area contributed by atoms with E-state index in [-0.39, 0.29) is 31.8 Å². The van der Waals surface area contributed by atoms with E-state index in [9.17, 15) is 33.9 Å². The monoisotopic (exact) mass is 496 g/mol. The third kappa shape index (κ3) is 9.15. The summed E-state index contributed by atoms with van der Waals surface area (Å²) in [7, 11) is -7.93. The summed E-state index contributed by atoms with van der Waals surface area (Å²) in [5.74, 6) is 0. The highest BCUT2D eigenvalue weighted by molar-refractivity contribution is 7.60. The van der Waals surface area contributed by atoms with Gasteiger partial charge >= 0.3 is 15.0 Å². The molecule has 0 saturated heterocycles. The molecule has 0 amide bonds. The van der Waals surface area contributed by atoms with Gasteiger partial charge in [-0.25, -0.2) is 0 Å². The smallest absolute Gasteiger partial charge is 0.374 e. The van der Waals surface area contributed by atoms with E-state index in [1.54, 1.807) is 12.1 Å². The van der Waals surface area contributed by atoms with Crippen LogP contribution in [0.1, 0.15) is 22.3 Å². The van der Waals surface area contributed by atoms with Crippen molar-refractivity contribution in [2.24, 2.45) is 14.8 Å². The molecule has 0 spiro atoms. The first-order valence-electron chi connectivity index (χ1n) is 10.2. The Kier molecular flexibility index (Phi) is 10.3. The summed E-state index contributed by atoms with van der Waals surface area (Å²) in [5, 5.41) is 9.48. The first-order valence-corrected chi connectivity index (χ1v) is 13.8. The lowest BCUT2D eigenvalue weighted by molar-refractivity contribution is 0.184. The highest BCUT2D eigenvalue weighted by atomic mass is 31.2. The minimum absolute atomic E-state index is 0.0583. The standard InChI is InChI=1S/C20H26N4O7P2/c25-10-9-24(16-20-6-2-4-18(14-20)8-12-33(30,31)23-28)15-19-5-1-3-17(13-19)7-11-32(29,21-26)22-27/h1-6,13-14,25H,7-12,15-16H2,(H,30,31). The second kappa shape index (κ2) is 12.7. The number of aliphatic hydroxyl groups excluding tert-OH is 1. The van der Waals surface area contributed by atoms with Gasteiger partial charge in [-0.15, -0.1) is 14.7 Å². The van der Waals surface area contributed by atoms with E-state index < -0.39 is 15.0 Å². The van der Waals surface area contributed by atoms with E-state index >= 15 is 0 Å². The number of rotatable bonds is 15. The molecule has 0 radical (unpaired) electrons. The maximum absolute atomic E-state index is 11.8. The number of aliphatic hydroxyl groups is 1. The molecule has 13 heteroatoms. The van der Waals surface area contributed by atoms with Gasteiger partial charge in [0.1, 0.15) is 0 Å². The summed E-state index contributed by atoms with van der Waals surface area (Å²) >= 11 is 0. The van der Waals surface area contributed by atoms with Crippen LogP contribution in [-0.2, 0) is 35.1 Å². The van der Waals surface area contributed by atoms with Crippen LogP contribution in [0, 0.1) is 14.7 Å². The molecule has 33 heavy (non-hydrogen) atoms. The van der Waals surface area contributed by atoms with E-state index in [1.165, 1.54) is 0 Å². The molecule has 2 N–H and O–H groups in total. The third-order valence-electron chi connectivity index (χ3n) is 4.98. The zero-order valence-electron chi connectivity index (χ0n) is 17.9. The van der Waals surface area contributed by atoms with Crippen LogP contribution in [0.4, 0.5) is 0 Å². The van der Waals surface area contributed by atoms with Crippen molar-refractivity contribution in [3.8, 4) is 0 Å². The van der Waals surface area contributed by atoms with E-state index in [0.29, 0.717) is 19.6 Å². The molecule has 0 saturated carbocycles. The fourth-order valence-corrected chi connectivity index (χ4v) is 4.70. The Morgan fingerprint density at radius 1 is 0.758 bits per heavy atom. The van der Waals surface area contributed by atoms with Gasteiger partial charge in [0.2, 0.25) is 0 Å². The predicted octanol–water partition coefficient (Wildman–Crippen LogP) is 4.44. The summed E-state index contributed by atoms with van der Waals surface area (Å²) in [4.78, 5) is 50.0. The minimum atomic E-state index is -4.00. The Morgan fingerprint density at radius 3 is 1.70 bits per heavy atom. The van der Waals surface area contributed by atoms with E-state index in [1.807, 2.05) is 41.3 Å². The van der Waals surface area contributed by atoms with Gasteiger partial charge in [-0.2, -0.15) is 0 Å². The third-order valence-corrected chi connectivity index (χ3v) is 7.36. The molecule has 2 aromatic carbocycles. The normalized spacial score (nSPS) is 13.4. The molecule has 11 nitrogen and oxygen atoms in total. The van der Waals surface area contributed by atoms with Gasteiger partial charge in [-0.1, -0.05) is 48.5 Å². The Labute approximate surface area is 191 Å². The molecule has 0 aliphatic rings. The fourth-order valence-electron chi connectivity index (χ4n) is 3.33. The predicted molar refractivity (Wildman–Crippen MR) is 126 cm³/mol. The highest BCUT2D eigenvalue weighted by Crippen LogP contribution is 2.48. The van der Waals surface area contributed by atoms with Crippen LogP contribution in [0.2, 0.25) is 0 Å². The molecular formula is C20H26N4O7P2. The Morgan fingerprint density at radius 2 is 1.24 bits per heavy atom. The van der Waals surface area contributed by atoms with Crippen molar-refractivity contribution in [2.75, 3.05) is 25.5 Å². The van der Waals surface area contributed by atoms with Gasteiger partial charge < -0.3 is 10.00 Å². The lowest BCUT2D eigenvalue weighted by Gasteiger charge is -2.22. The fraction of sp³-hybridized carbons (Fsp3) is 0.400. The first-order chi connectivity index (χ1) is 15.7. The maximum Gasteiger partial charge on any atom is 0.374 e. The summed E-state index contributed by atoms with van der Waals surface area (Å²) in [6, 6.07) is 14.8. The topological polar surface area (TPSA) is 166 Å². The maximum atomic E-state index is 11.8. The van der Waals surface area contributed by atoms with Crippen molar-refractivity contribution in [3.05, 3.63) is 85.5 Å². The zero-order chi connectivity index (χ0) is 24.3. The SMILES string of the molecule is O=NP(=O)(O)CCc1cccc(CN(CCO)Cc2cccc(CCP(=O)(N=O)N=O)c2)c1. The molecule has 0 aliphatic carbocycles. The number of hydrogen-bond donors (Lipinski definition) is 2. The number of hydrogen-bond acceptors (Lipinski definition) is 7. The summed E-state index contributed by atoms with van der Waals surface area (Å²) in [6.07, 6.45) is 0.00975. The van der Waals surface area contributed by atoms with Crippen LogP contribution in [0.25, 0.3) is 0 Å². The second-order valence-corrected chi connectivity index (χ2v) is 11.6. The molecular weight excluding hydrogens is 470 g/mol. The first kappa shape index (κ1) is 26.8. The molecule has 0 aliphatic heterocycles. The van der Waals surface area contributed by atoms with Crippen molar-refractivity contribution in [1.82, 2.24) is 4.90 Å². The van der Waals surface area contributed by atoms with Crippen LogP contribution < -0.4 is 0 Å². The number of nitroso groups, excluding NO2 is 3. The summed E-state index contributed by atoms with van der Waals surface area (Å²) < 4.78 is 23.2. The molecule has 0 fully saturated rings. The molecule has 0 aromatic heterocycles. The van der Waals surface area contributed by atoms with Crippen LogP contribution in [0.5, 0.6) is 0 Å². The molecule has 178 valence electrons. The largest absolute Gasteiger partial charge is 0.395 e. The van der Waals surface area contributed by atoms with Gasteiger partial charge in [0.15, 0.2) is 0 Å². The van der Waals surface area contributed by atoms with Crippen molar-refractivity contribution in [1.29, 1.82) is 0 Å². The van der Waals surface area contributed by atoms with Gasteiger partial charge in [-0.3, -0.25) is 14.0 Å². The molecule has 0 heterocycles. The van der Waals surface area contributed by atoms with Crippen molar-refractivity contribution >= 4 is 15.0 Å². The van der Waals surface area contributed by atoms with Crippen molar-refractivity contribution in [3.63, 3.8) is 0 Å². The summed E-state index contributed by atoms with van der Waals surface area (Å²) in [5.41, 5.74) is 3.43. The lowest BCUT2D eigenvalue weighted by Crippen LogP contribution is -2.26. The van der Waals surface area contributed by atoms with E-state index in [0.717, 1.165) is 22.3 Å². The lowest BCUT2D eigenvalue weighted by atomic mass is 10.1. The van der Waals surface area contributed by atoms with Crippen molar-refractivity contribution in [2.45, 2.75) is 25.9 Å². The number of benzene rings is 2.